The summed E-state index contributed by atoms with van der Waals surface area (Å²) < 4.78 is 0. The van der Waals surface area contributed by atoms with E-state index < -0.39 is 12.1 Å². The van der Waals surface area contributed by atoms with Crippen molar-refractivity contribution in [2.24, 2.45) is 0 Å². The lowest BCUT2D eigenvalue weighted by Gasteiger charge is -2.10. The third-order valence-electron chi connectivity index (χ3n) is 1.78. The fourth-order valence-corrected chi connectivity index (χ4v) is 1.06. The molecule has 1 aromatic rings. The van der Waals surface area contributed by atoms with Crippen LogP contribution in [0.2, 0.25) is 0 Å². The minimum Gasteiger partial charge on any atom is -0.504 e. The second kappa shape index (κ2) is 7.48. The first-order valence-electron chi connectivity index (χ1n) is 4.92. The first kappa shape index (κ1) is 15.2. The SMILES string of the molecule is CC(=O)O.CNCC(O)c1ccc(O)c(O)c1. The smallest absolute Gasteiger partial charge is 0.300 e. The number of aliphatic carboxylic acids is 1. The molecule has 17 heavy (non-hydrogen) atoms. The number of carboxylic acids is 1. The van der Waals surface area contributed by atoms with E-state index in [4.69, 9.17) is 20.1 Å². The molecule has 6 heteroatoms. The second-order valence-electron chi connectivity index (χ2n) is 3.34. The van der Waals surface area contributed by atoms with Crippen LogP contribution in [-0.2, 0) is 4.79 Å². The minimum atomic E-state index is -0.833. The fraction of sp³-hybridized carbons (Fsp3) is 0.364. The maximum absolute atomic E-state index is 9.48. The number of carboxylic acid groups (broad SMARTS) is 1. The second-order valence-corrected chi connectivity index (χ2v) is 3.34. The number of aliphatic hydroxyl groups excluding tert-OH is 1. The number of likely N-dealkylation sites (N-methyl/N-ethyl adjacent to an activating group) is 1. The van der Waals surface area contributed by atoms with Crippen LogP contribution in [0.4, 0.5) is 0 Å². The number of hydrogen-bond acceptors (Lipinski definition) is 5. The first-order valence-corrected chi connectivity index (χ1v) is 4.92. The Morgan fingerprint density at radius 3 is 2.29 bits per heavy atom. The standard InChI is InChI=1S/C9H13NO3.C2H4O2/c1-10-5-9(13)6-2-3-7(11)8(12)4-6;1-2(3)4/h2-4,9-13H,5H2,1H3;1H3,(H,3,4). The number of phenolic OH excluding ortho intramolecular Hbond substituents is 2. The third-order valence-corrected chi connectivity index (χ3v) is 1.78. The molecular weight excluding hydrogens is 226 g/mol. The molecule has 0 radical (unpaired) electrons. The van der Waals surface area contributed by atoms with Gasteiger partial charge < -0.3 is 25.7 Å². The maximum atomic E-state index is 9.48. The van der Waals surface area contributed by atoms with Crippen LogP contribution < -0.4 is 5.32 Å². The lowest BCUT2D eigenvalue weighted by Crippen LogP contribution is -2.16. The highest BCUT2D eigenvalue weighted by Crippen LogP contribution is 2.27. The van der Waals surface area contributed by atoms with Crippen LogP contribution in [0.3, 0.4) is 0 Å². The molecule has 0 amide bonds. The summed E-state index contributed by atoms with van der Waals surface area (Å²) in [7, 11) is 1.73. The molecule has 0 bridgehead atoms. The Kier molecular flexibility index (Phi) is 6.69. The Hall–Kier alpha value is -1.79. The molecule has 1 atom stereocenters. The number of phenols is 2. The summed E-state index contributed by atoms with van der Waals surface area (Å²) in [5, 5.41) is 37.8. The van der Waals surface area contributed by atoms with E-state index in [0.717, 1.165) is 6.92 Å². The van der Waals surface area contributed by atoms with Crippen molar-refractivity contribution < 1.29 is 25.2 Å². The minimum absolute atomic E-state index is 0.180. The number of rotatable bonds is 3. The summed E-state index contributed by atoms with van der Waals surface area (Å²) in [5.41, 5.74) is 0.574. The van der Waals surface area contributed by atoms with Crippen LogP contribution in [0, 0.1) is 0 Å². The maximum Gasteiger partial charge on any atom is 0.300 e. The van der Waals surface area contributed by atoms with Gasteiger partial charge in [0.25, 0.3) is 5.97 Å². The molecule has 5 N–H and O–H groups in total. The zero-order valence-corrected chi connectivity index (χ0v) is 9.71. The van der Waals surface area contributed by atoms with Crippen LogP contribution in [0.15, 0.2) is 18.2 Å². The van der Waals surface area contributed by atoms with Crippen LogP contribution >= 0.6 is 0 Å². The summed E-state index contributed by atoms with van der Waals surface area (Å²) in [6.45, 7) is 1.49. The molecule has 0 spiro atoms. The number of carbonyl (C=O) groups is 1. The normalized spacial score (nSPS) is 11.2. The largest absolute Gasteiger partial charge is 0.504 e. The average molecular weight is 243 g/mol. The molecule has 0 aliphatic heterocycles. The molecule has 0 fully saturated rings. The summed E-state index contributed by atoms with van der Waals surface area (Å²) in [6.07, 6.45) is -0.670. The Morgan fingerprint density at radius 1 is 1.35 bits per heavy atom. The summed E-state index contributed by atoms with van der Waals surface area (Å²) in [5.74, 6) is -1.23. The first-order chi connectivity index (χ1) is 7.88. The van der Waals surface area contributed by atoms with Crippen molar-refractivity contribution in [3.05, 3.63) is 23.8 Å². The van der Waals surface area contributed by atoms with Crippen molar-refractivity contribution >= 4 is 5.97 Å². The van der Waals surface area contributed by atoms with E-state index in [-0.39, 0.29) is 11.5 Å². The molecule has 0 saturated carbocycles. The Balaban J connectivity index is 0.000000557. The van der Waals surface area contributed by atoms with Gasteiger partial charge in [0.05, 0.1) is 6.10 Å². The zero-order chi connectivity index (χ0) is 13.4. The van der Waals surface area contributed by atoms with Gasteiger partial charge in [-0.15, -0.1) is 0 Å². The molecular formula is C11H17NO5. The molecule has 1 rings (SSSR count). The van der Waals surface area contributed by atoms with Crippen molar-refractivity contribution in [2.45, 2.75) is 13.0 Å². The zero-order valence-electron chi connectivity index (χ0n) is 9.71. The van der Waals surface area contributed by atoms with Gasteiger partial charge in [-0.1, -0.05) is 6.07 Å². The van der Waals surface area contributed by atoms with E-state index in [0.29, 0.717) is 12.1 Å². The average Bonchev–Trinajstić information content (AvgIpc) is 2.21. The van der Waals surface area contributed by atoms with E-state index in [1.54, 1.807) is 13.1 Å². The van der Waals surface area contributed by atoms with Crippen LogP contribution in [0.5, 0.6) is 11.5 Å². The number of aliphatic hydroxyl groups is 1. The van der Waals surface area contributed by atoms with Gasteiger partial charge in [0.15, 0.2) is 11.5 Å². The van der Waals surface area contributed by atoms with Crippen LogP contribution in [0.25, 0.3) is 0 Å². The van der Waals surface area contributed by atoms with Crippen LogP contribution in [0.1, 0.15) is 18.6 Å². The molecule has 0 aromatic heterocycles. The van der Waals surface area contributed by atoms with Gasteiger partial charge in [-0.3, -0.25) is 4.79 Å². The van der Waals surface area contributed by atoms with E-state index in [1.807, 2.05) is 0 Å². The van der Waals surface area contributed by atoms with Crippen molar-refractivity contribution in [3.8, 4) is 11.5 Å². The van der Waals surface area contributed by atoms with Crippen molar-refractivity contribution in [2.75, 3.05) is 13.6 Å². The quantitative estimate of drug-likeness (QED) is 0.493. The number of nitrogens with one attached hydrogen (secondary N) is 1. The third kappa shape index (κ3) is 6.39. The van der Waals surface area contributed by atoms with E-state index >= 15 is 0 Å². The molecule has 96 valence electrons. The highest BCUT2D eigenvalue weighted by atomic mass is 16.4. The van der Waals surface area contributed by atoms with Gasteiger partial charge in [0.1, 0.15) is 0 Å². The van der Waals surface area contributed by atoms with Gasteiger partial charge in [0, 0.05) is 13.5 Å². The molecule has 1 unspecified atom stereocenters. The van der Waals surface area contributed by atoms with Gasteiger partial charge >= 0.3 is 0 Å². The molecule has 6 nitrogen and oxygen atoms in total. The Morgan fingerprint density at radius 2 is 1.88 bits per heavy atom. The van der Waals surface area contributed by atoms with E-state index in [1.165, 1.54) is 12.1 Å². The highest BCUT2D eigenvalue weighted by Gasteiger charge is 2.08. The summed E-state index contributed by atoms with van der Waals surface area (Å²) in [6, 6.07) is 4.26. The van der Waals surface area contributed by atoms with Crippen molar-refractivity contribution in [3.63, 3.8) is 0 Å². The molecule has 0 heterocycles. The molecule has 1 aromatic carbocycles. The number of benzene rings is 1. The summed E-state index contributed by atoms with van der Waals surface area (Å²) in [4.78, 5) is 9.00. The number of hydrogen-bond donors (Lipinski definition) is 5. The van der Waals surface area contributed by atoms with Crippen LogP contribution in [-0.4, -0.2) is 40.0 Å². The molecule has 0 saturated heterocycles. The van der Waals surface area contributed by atoms with E-state index in [2.05, 4.69) is 5.32 Å². The van der Waals surface area contributed by atoms with Gasteiger partial charge in [-0.25, -0.2) is 0 Å². The van der Waals surface area contributed by atoms with Gasteiger partial charge in [-0.2, -0.15) is 0 Å². The van der Waals surface area contributed by atoms with Gasteiger partial charge in [-0.05, 0) is 24.7 Å². The molecule has 0 aliphatic carbocycles. The van der Waals surface area contributed by atoms with E-state index in [9.17, 15) is 5.11 Å². The molecule has 0 aliphatic rings. The Labute approximate surface area is 99.2 Å². The van der Waals surface area contributed by atoms with Crippen molar-refractivity contribution in [1.29, 1.82) is 0 Å². The lowest BCUT2D eigenvalue weighted by atomic mass is 10.1. The monoisotopic (exact) mass is 243 g/mol. The lowest BCUT2D eigenvalue weighted by molar-refractivity contribution is -0.134. The summed E-state index contributed by atoms with van der Waals surface area (Å²) >= 11 is 0. The topological polar surface area (TPSA) is 110 Å². The van der Waals surface area contributed by atoms with Crippen molar-refractivity contribution in [1.82, 2.24) is 5.32 Å². The predicted molar refractivity (Wildman–Crippen MR) is 62.0 cm³/mol. The Bertz CT molecular complexity index is 363. The highest BCUT2D eigenvalue weighted by molar-refractivity contribution is 5.62. The van der Waals surface area contributed by atoms with Gasteiger partial charge in [0.2, 0.25) is 0 Å². The predicted octanol–water partition coefficient (Wildman–Crippen LogP) is 0.441. The number of aromatic hydroxyl groups is 2. The fourth-order valence-electron chi connectivity index (χ4n) is 1.06.